The van der Waals surface area contributed by atoms with Gasteiger partial charge in [0.15, 0.2) is 0 Å². The van der Waals surface area contributed by atoms with Crippen LogP contribution in [-0.2, 0) is 11.2 Å². The predicted octanol–water partition coefficient (Wildman–Crippen LogP) is 2.19. The van der Waals surface area contributed by atoms with Crippen LogP contribution in [0.2, 0.25) is 0 Å². The number of piperidine rings is 1. The lowest BCUT2D eigenvalue weighted by Crippen LogP contribution is -2.37. The van der Waals surface area contributed by atoms with Crippen molar-refractivity contribution in [2.24, 2.45) is 5.92 Å². The van der Waals surface area contributed by atoms with Gasteiger partial charge < -0.3 is 10.2 Å². The zero-order valence-corrected chi connectivity index (χ0v) is 11.8. The molecule has 0 aromatic heterocycles. The van der Waals surface area contributed by atoms with Crippen molar-refractivity contribution in [2.75, 3.05) is 24.5 Å². The van der Waals surface area contributed by atoms with E-state index in [9.17, 15) is 4.79 Å². The molecule has 2 heterocycles. The normalized spacial score (nSPS) is 19.9. The van der Waals surface area contributed by atoms with Crippen molar-refractivity contribution in [3.8, 4) is 0 Å². The number of carbonyl (C=O) groups is 1. The Labute approximate surface area is 115 Å². The molecule has 1 aromatic carbocycles. The number of rotatable bonds is 2. The molecular weight excluding hydrogens is 236 g/mol. The average Bonchev–Trinajstić information content (AvgIpc) is 2.67. The van der Waals surface area contributed by atoms with Crippen LogP contribution in [0, 0.1) is 19.8 Å². The Balaban J connectivity index is 1.85. The van der Waals surface area contributed by atoms with Gasteiger partial charge in [-0.2, -0.15) is 0 Å². The van der Waals surface area contributed by atoms with E-state index in [-0.39, 0.29) is 5.91 Å². The average molecular weight is 258 g/mol. The van der Waals surface area contributed by atoms with E-state index in [1.54, 1.807) is 0 Å². The van der Waals surface area contributed by atoms with Gasteiger partial charge >= 0.3 is 0 Å². The minimum Gasteiger partial charge on any atom is -0.317 e. The van der Waals surface area contributed by atoms with Gasteiger partial charge in [-0.1, -0.05) is 17.7 Å². The van der Waals surface area contributed by atoms with Gasteiger partial charge in [0.05, 0.1) is 12.1 Å². The van der Waals surface area contributed by atoms with Gasteiger partial charge in [0.2, 0.25) is 5.91 Å². The van der Waals surface area contributed by atoms with Crippen molar-refractivity contribution in [2.45, 2.75) is 33.1 Å². The summed E-state index contributed by atoms with van der Waals surface area (Å²) in [5.41, 5.74) is 4.91. The van der Waals surface area contributed by atoms with E-state index in [2.05, 4.69) is 31.3 Å². The fourth-order valence-electron chi connectivity index (χ4n) is 3.47. The van der Waals surface area contributed by atoms with Crippen LogP contribution in [0.4, 0.5) is 5.69 Å². The summed E-state index contributed by atoms with van der Waals surface area (Å²) < 4.78 is 0. The Morgan fingerprint density at radius 3 is 2.74 bits per heavy atom. The van der Waals surface area contributed by atoms with Crippen molar-refractivity contribution < 1.29 is 4.79 Å². The first-order valence-electron chi connectivity index (χ1n) is 7.26. The van der Waals surface area contributed by atoms with Crippen molar-refractivity contribution in [1.29, 1.82) is 0 Å². The molecule has 2 aliphatic rings. The molecule has 0 radical (unpaired) electrons. The maximum Gasteiger partial charge on any atom is 0.231 e. The Morgan fingerprint density at radius 2 is 2.00 bits per heavy atom. The monoisotopic (exact) mass is 258 g/mol. The number of amides is 1. The number of hydrogen-bond donors (Lipinski definition) is 1. The Bertz CT molecular complexity index is 504. The third kappa shape index (κ3) is 2.39. The number of nitrogens with one attached hydrogen (secondary N) is 1. The number of anilines is 1. The van der Waals surface area contributed by atoms with E-state index < -0.39 is 0 Å². The third-order valence-electron chi connectivity index (χ3n) is 4.34. The minimum atomic E-state index is 0.280. The molecule has 0 unspecified atom stereocenters. The second-order valence-electron chi connectivity index (χ2n) is 5.96. The van der Waals surface area contributed by atoms with Crippen LogP contribution in [-0.4, -0.2) is 25.5 Å². The lowest BCUT2D eigenvalue weighted by atomic mass is 9.97. The molecule has 3 heteroatoms. The molecule has 1 aromatic rings. The summed E-state index contributed by atoms with van der Waals surface area (Å²) in [4.78, 5) is 14.3. The molecular formula is C16H22N2O. The topological polar surface area (TPSA) is 32.3 Å². The van der Waals surface area contributed by atoms with E-state index in [1.165, 1.54) is 35.2 Å². The van der Waals surface area contributed by atoms with E-state index >= 15 is 0 Å². The fourth-order valence-corrected chi connectivity index (χ4v) is 3.47. The summed E-state index contributed by atoms with van der Waals surface area (Å²) in [6.45, 7) is 7.31. The lowest BCUT2D eigenvalue weighted by Gasteiger charge is -2.28. The molecule has 1 saturated heterocycles. The summed E-state index contributed by atoms with van der Waals surface area (Å²) >= 11 is 0. The number of carbonyl (C=O) groups excluding carboxylic acids is 1. The van der Waals surface area contributed by atoms with Gasteiger partial charge in [-0.25, -0.2) is 0 Å². The number of hydrogen-bond acceptors (Lipinski definition) is 2. The summed E-state index contributed by atoms with van der Waals surface area (Å²) in [6.07, 6.45) is 2.96. The quantitative estimate of drug-likeness (QED) is 0.882. The fraction of sp³-hybridized carbons (Fsp3) is 0.562. The van der Waals surface area contributed by atoms with Gasteiger partial charge in [0.25, 0.3) is 0 Å². The van der Waals surface area contributed by atoms with Crippen LogP contribution in [0.5, 0.6) is 0 Å². The van der Waals surface area contributed by atoms with Gasteiger partial charge in [-0.3, -0.25) is 4.79 Å². The molecule has 1 fully saturated rings. The van der Waals surface area contributed by atoms with E-state index in [4.69, 9.17) is 0 Å². The number of benzene rings is 1. The molecule has 0 spiro atoms. The smallest absolute Gasteiger partial charge is 0.231 e. The molecule has 0 saturated carbocycles. The standard InChI is InChI=1S/C16H22N2O/c1-11-7-12(2)16-14(8-11)9-15(19)18(16)10-13-3-5-17-6-4-13/h7-8,13,17H,3-6,9-10H2,1-2H3. The summed E-state index contributed by atoms with van der Waals surface area (Å²) in [5.74, 6) is 0.930. The predicted molar refractivity (Wildman–Crippen MR) is 77.6 cm³/mol. The molecule has 0 atom stereocenters. The third-order valence-corrected chi connectivity index (χ3v) is 4.34. The highest BCUT2D eigenvalue weighted by atomic mass is 16.2. The van der Waals surface area contributed by atoms with Crippen LogP contribution in [0.25, 0.3) is 0 Å². The van der Waals surface area contributed by atoms with Gasteiger partial charge in [0, 0.05) is 6.54 Å². The van der Waals surface area contributed by atoms with Crippen LogP contribution in [0.15, 0.2) is 12.1 Å². The van der Waals surface area contributed by atoms with Crippen LogP contribution >= 0.6 is 0 Å². The SMILES string of the molecule is Cc1cc(C)c2c(c1)CC(=O)N2CC1CCNCC1. The van der Waals surface area contributed by atoms with E-state index in [0.29, 0.717) is 12.3 Å². The van der Waals surface area contributed by atoms with Crippen LogP contribution in [0.3, 0.4) is 0 Å². The Kier molecular flexibility index (Phi) is 3.31. The molecule has 3 rings (SSSR count). The molecule has 102 valence electrons. The lowest BCUT2D eigenvalue weighted by molar-refractivity contribution is -0.117. The number of nitrogens with zero attached hydrogens (tertiary/aromatic N) is 1. The maximum atomic E-state index is 12.3. The second kappa shape index (κ2) is 4.97. The molecule has 2 aliphatic heterocycles. The van der Waals surface area contributed by atoms with Gasteiger partial charge in [-0.15, -0.1) is 0 Å². The molecule has 0 bridgehead atoms. The Hall–Kier alpha value is -1.35. The number of fused-ring (bicyclic) bond motifs is 1. The second-order valence-corrected chi connectivity index (χ2v) is 5.96. The zero-order valence-electron chi connectivity index (χ0n) is 11.8. The van der Waals surface area contributed by atoms with Crippen molar-refractivity contribution in [1.82, 2.24) is 5.32 Å². The van der Waals surface area contributed by atoms with E-state index in [0.717, 1.165) is 19.6 Å². The van der Waals surface area contributed by atoms with Crippen molar-refractivity contribution in [3.63, 3.8) is 0 Å². The molecule has 19 heavy (non-hydrogen) atoms. The zero-order chi connectivity index (χ0) is 13.4. The molecule has 1 amide bonds. The van der Waals surface area contributed by atoms with Crippen molar-refractivity contribution in [3.05, 3.63) is 28.8 Å². The first kappa shape index (κ1) is 12.7. The minimum absolute atomic E-state index is 0.280. The van der Waals surface area contributed by atoms with Gasteiger partial charge in [0.1, 0.15) is 0 Å². The summed E-state index contributed by atoms with van der Waals surface area (Å²) in [7, 11) is 0. The first-order chi connectivity index (χ1) is 9.15. The van der Waals surface area contributed by atoms with Crippen LogP contribution < -0.4 is 10.2 Å². The highest BCUT2D eigenvalue weighted by Crippen LogP contribution is 2.34. The highest BCUT2D eigenvalue weighted by molar-refractivity contribution is 6.02. The van der Waals surface area contributed by atoms with Gasteiger partial charge in [-0.05, 0) is 56.8 Å². The summed E-state index contributed by atoms with van der Waals surface area (Å²) in [5, 5.41) is 3.39. The largest absolute Gasteiger partial charge is 0.317 e. The molecule has 0 aliphatic carbocycles. The first-order valence-corrected chi connectivity index (χ1v) is 7.26. The Morgan fingerprint density at radius 1 is 1.26 bits per heavy atom. The number of aryl methyl sites for hydroxylation is 2. The van der Waals surface area contributed by atoms with Crippen molar-refractivity contribution >= 4 is 11.6 Å². The van der Waals surface area contributed by atoms with Crippen LogP contribution in [0.1, 0.15) is 29.5 Å². The summed E-state index contributed by atoms with van der Waals surface area (Å²) in [6, 6.07) is 4.36. The van der Waals surface area contributed by atoms with E-state index in [1.807, 2.05) is 4.90 Å². The molecule has 1 N–H and O–H groups in total. The maximum absolute atomic E-state index is 12.3. The molecule has 3 nitrogen and oxygen atoms in total. The highest BCUT2D eigenvalue weighted by Gasteiger charge is 2.31.